The Morgan fingerprint density at radius 3 is 2.67 bits per heavy atom. The first-order valence-corrected chi connectivity index (χ1v) is 6.00. The van der Waals surface area contributed by atoms with Gasteiger partial charge in [-0.3, -0.25) is 10.1 Å². The predicted molar refractivity (Wildman–Crippen MR) is 73.3 cm³/mol. The number of anilines is 2. The minimum atomic E-state index is -0.555. The van der Waals surface area contributed by atoms with E-state index in [4.69, 9.17) is 11.6 Å². The van der Waals surface area contributed by atoms with Gasteiger partial charge >= 0.3 is 6.03 Å². The van der Waals surface area contributed by atoms with Gasteiger partial charge in [-0.15, -0.1) is 11.6 Å². The van der Waals surface area contributed by atoms with Crippen molar-refractivity contribution in [1.29, 1.82) is 0 Å². The molecule has 3 amide bonds. The molecular weight excluding hydrogens is 254 g/mol. The normalized spacial score (nSPS) is 9.72. The molecule has 0 heterocycles. The number of nitrogens with one attached hydrogen (secondary N) is 2. The van der Waals surface area contributed by atoms with Gasteiger partial charge in [-0.25, -0.2) is 4.79 Å². The topological polar surface area (TPSA) is 61.4 Å². The number of carbonyl (C=O) groups is 2. The van der Waals surface area contributed by atoms with E-state index in [0.717, 1.165) is 5.69 Å². The van der Waals surface area contributed by atoms with E-state index in [2.05, 4.69) is 10.6 Å². The van der Waals surface area contributed by atoms with Gasteiger partial charge in [0.05, 0.1) is 0 Å². The molecule has 0 saturated heterocycles. The van der Waals surface area contributed by atoms with E-state index in [9.17, 15) is 9.59 Å². The Labute approximate surface area is 111 Å². The summed E-state index contributed by atoms with van der Waals surface area (Å²) in [6.07, 6.45) is 0.118. The maximum atomic E-state index is 11.5. The molecule has 98 valence electrons. The number of alkyl halides is 1. The van der Waals surface area contributed by atoms with E-state index in [1.165, 1.54) is 0 Å². The number of imide groups is 1. The van der Waals surface area contributed by atoms with Gasteiger partial charge in [0.2, 0.25) is 5.91 Å². The van der Waals surface area contributed by atoms with Crippen molar-refractivity contribution in [1.82, 2.24) is 5.32 Å². The van der Waals surface area contributed by atoms with Gasteiger partial charge < -0.3 is 10.2 Å². The number of carbonyl (C=O) groups excluding carboxylic acids is 2. The molecule has 0 aliphatic carbocycles. The average molecular weight is 270 g/mol. The van der Waals surface area contributed by atoms with Crippen LogP contribution in [0, 0.1) is 0 Å². The van der Waals surface area contributed by atoms with Gasteiger partial charge in [0.25, 0.3) is 0 Å². The Hall–Kier alpha value is -1.75. The van der Waals surface area contributed by atoms with Crippen molar-refractivity contribution in [3.8, 4) is 0 Å². The molecule has 0 aromatic heterocycles. The van der Waals surface area contributed by atoms with Crippen LogP contribution in [-0.4, -0.2) is 31.9 Å². The summed E-state index contributed by atoms with van der Waals surface area (Å²) in [5, 5.41) is 4.78. The summed E-state index contributed by atoms with van der Waals surface area (Å²) in [7, 11) is 3.81. The number of rotatable bonds is 4. The Morgan fingerprint density at radius 2 is 2.06 bits per heavy atom. The fraction of sp³-hybridized carbons (Fsp3) is 0.333. The van der Waals surface area contributed by atoms with Gasteiger partial charge in [-0.05, 0) is 18.2 Å². The second-order valence-corrected chi connectivity index (χ2v) is 4.26. The second-order valence-electron chi connectivity index (χ2n) is 3.89. The summed E-state index contributed by atoms with van der Waals surface area (Å²) in [6, 6.07) is 6.75. The lowest BCUT2D eigenvalue weighted by Gasteiger charge is -2.14. The molecule has 0 saturated carbocycles. The first-order chi connectivity index (χ1) is 8.52. The molecule has 0 fully saturated rings. The van der Waals surface area contributed by atoms with Crippen LogP contribution in [0.25, 0.3) is 0 Å². The zero-order chi connectivity index (χ0) is 13.5. The van der Waals surface area contributed by atoms with Crippen molar-refractivity contribution >= 4 is 34.9 Å². The molecule has 0 unspecified atom stereocenters. The molecule has 0 radical (unpaired) electrons. The quantitative estimate of drug-likeness (QED) is 0.822. The molecule has 0 aliphatic heterocycles. The smallest absolute Gasteiger partial charge is 0.325 e. The van der Waals surface area contributed by atoms with Crippen LogP contribution in [0.15, 0.2) is 24.3 Å². The number of amides is 3. The van der Waals surface area contributed by atoms with Crippen LogP contribution in [0.2, 0.25) is 0 Å². The number of halogens is 1. The maximum Gasteiger partial charge on any atom is 0.325 e. The molecule has 0 aliphatic rings. The van der Waals surface area contributed by atoms with Crippen LogP contribution in [-0.2, 0) is 4.79 Å². The van der Waals surface area contributed by atoms with Gasteiger partial charge in [-0.1, -0.05) is 6.07 Å². The van der Waals surface area contributed by atoms with Crippen LogP contribution < -0.4 is 15.5 Å². The highest BCUT2D eigenvalue weighted by Crippen LogP contribution is 2.16. The van der Waals surface area contributed by atoms with Crippen LogP contribution in [0.1, 0.15) is 6.42 Å². The van der Waals surface area contributed by atoms with Crippen molar-refractivity contribution in [2.24, 2.45) is 0 Å². The molecule has 1 rings (SSSR count). The summed E-state index contributed by atoms with van der Waals surface area (Å²) in [5.41, 5.74) is 1.58. The first-order valence-electron chi connectivity index (χ1n) is 5.47. The number of hydrogen-bond acceptors (Lipinski definition) is 3. The second kappa shape index (κ2) is 6.86. The molecule has 6 heteroatoms. The van der Waals surface area contributed by atoms with Crippen LogP contribution >= 0.6 is 11.6 Å². The summed E-state index contributed by atoms with van der Waals surface area (Å²) in [6.45, 7) is 0. The highest BCUT2D eigenvalue weighted by Gasteiger charge is 2.07. The zero-order valence-corrected chi connectivity index (χ0v) is 11.1. The minimum absolute atomic E-state index is 0.118. The third kappa shape index (κ3) is 4.63. The molecular formula is C12H16ClN3O2. The SMILES string of the molecule is CN(C)c1cccc(NC(=O)NC(=O)CCCl)c1. The fourth-order valence-corrected chi connectivity index (χ4v) is 1.47. The summed E-state index contributed by atoms with van der Waals surface area (Å²) < 4.78 is 0. The van der Waals surface area contributed by atoms with Crippen LogP contribution in [0.5, 0.6) is 0 Å². The van der Waals surface area contributed by atoms with Crippen molar-refractivity contribution < 1.29 is 9.59 Å². The Balaban J connectivity index is 2.59. The lowest BCUT2D eigenvalue weighted by atomic mass is 10.2. The van der Waals surface area contributed by atoms with Crippen molar-refractivity contribution in [3.63, 3.8) is 0 Å². The van der Waals surface area contributed by atoms with Crippen molar-refractivity contribution in [2.45, 2.75) is 6.42 Å². The van der Waals surface area contributed by atoms with E-state index in [0.29, 0.717) is 5.69 Å². The summed E-state index contributed by atoms with van der Waals surface area (Å²) >= 11 is 5.40. The van der Waals surface area contributed by atoms with E-state index in [1.807, 2.05) is 37.2 Å². The highest BCUT2D eigenvalue weighted by atomic mass is 35.5. The lowest BCUT2D eigenvalue weighted by molar-refractivity contribution is -0.119. The molecule has 5 nitrogen and oxygen atoms in total. The zero-order valence-electron chi connectivity index (χ0n) is 10.4. The van der Waals surface area contributed by atoms with E-state index < -0.39 is 11.9 Å². The standard InChI is InChI=1S/C12H16ClN3O2/c1-16(2)10-5-3-4-9(8-10)14-12(18)15-11(17)6-7-13/h3-5,8H,6-7H2,1-2H3,(H2,14,15,17,18). The Bertz CT molecular complexity index is 435. The molecule has 1 aromatic rings. The largest absolute Gasteiger partial charge is 0.378 e. The molecule has 2 N–H and O–H groups in total. The van der Waals surface area contributed by atoms with E-state index in [1.54, 1.807) is 6.07 Å². The lowest BCUT2D eigenvalue weighted by Crippen LogP contribution is -2.34. The monoisotopic (exact) mass is 269 g/mol. The van der Waals surface area contributed by atoms with E-state index >= 15 is 0 Å². The number of urea groups is 1. The molecule has 1 aromatic carbocycles. The maximum absolute atomic E-state index is 11.5. The van der Waals surface area contributed by atoms with Gasteiger partial charge in [0, 0.05) is 37.8 Å². The Morgan fingerprint density at radius 1 is 1.33 bits per heavy atom. The predicted octanol–water partition coefficient (Wildman–Crippen LogP) is 2.03. The number of nitrogens with zero attached hydrogens (tertiary/aromatic N) is 1. The fourth-order valence-electron chi connectivity index (χ4n) is 1.30. The summed E-state index contributed by atoms with van der Waals surface area (Å²) in [5.74, 6) is -0.207. The highest BCUT2D eigenvalue weighted by molar-refractivity contribution is 6.19. The van der Waals surface area contributed by atoms with Gasteiger partial charge in [0.1, 0.15) is 0 Å². The molecule has 0 bridgehead atoms. The van der Waals surface area contributed by atoms with Crippen molar-refractivity contribution in [3.05, 3.63) is 24.3 Å². The third-order valence-electron chi connectivity index (χ3n) is 2.19. The van der Waals surface area contributed by atoms with Gasteiger partial charge in [-0.2, -0.15) is 0 Å². The molecule has 0 atom stereocenters. The minimum Gasteiger partial charge on any atom is -0.378 e. The molecule has 18 heavy (non-hydrogen) atoms. The number of hydrogen-bond donors (Lipinski definition) is 2. The third-order valence-corrected chi connectivity index (χ3v) is 2.38. The first kappa shape index (κ1) is 14.3. The van der Waals surface area contributed by atoms with Gasteiger partial charge in [0.15, 0.2) is 0 Å². The average Bonchev–Trinajstić information content (AvgIpc) is 2.29. The van der Waals surface area contributed by atoms with Crippen LogP contribution in [0.3, 0.4) is 0 Å². The Kier molecular flexibility index (Phi) is 5.45. The van der Waals surface area contributed by atoms with Crippen LogP contribution in [0.4, 0.5) is 16.2 Å². The van der Waals surface area contributed by atoms with E-state index in [-0.39, 0.29) is 12.3 Å². The summed E-state index contributed by atoms with van der Waals surface area (Å²) in [4.78, 5) is 24.6. The number of benzene rings is 1. The molecule has 0 spiro atoms. The van der Waals surface area contributed by atoms with Crippen molar-refractivity contribution in [2.75, 3.05) is 30.2 Å².